The Kier molecular flexibility index (Phi) is 13.9. The standard InChI is InChI=1S/C35H50NO9/c1-8-44-33(37)14-11-9-10-12-15-34(38)45-19-13-17-36(2)18-16-26-23-29(39-3)30(40-4)24-27(26)28(36)20-25-21-31(41-5)35(43-7)32(22-25)42-6/h9-10,21-24,28H,8,11-20H2,1-7H3/q+1/b10-9+/t28-,36-/m1/s1. The largest absolute Gasteiger partial charge is 0.493 e. The van der Waals surface area contributed by atoms with Crippen molar-refractivity contribution < 1.29 is 47.2 Å². The number of methoxy groups -OCH3 is 5. The van der Waals surface area contributed by atoms with Gasteiger partial charge in [-0.3, -0.25) is 9.59 Å². The average molecular weight is 629 g/mol. The Bertz CT molecular complexity index is 1280. The number of esters is 2. The fourth-order valence-corrected chi connectivity index (χ4v) is 5.96. The maximum absolute atomic E-state index is 12.4. The second-order valence-corrected chi connectivity index (χ2v) is 11.3. The lowest BCUT2D eigenvalue weighted by atomic mass is 9.86. The molecule has 0 bridgehead atoms. The van der Waals surface area contributed by atoms with Gasteiger partial charge in [-0.15, -0.1) is 0 Å². The fourth-order valence-electron chi connectivity index (χ4n) is 5.96. The highest BCUT2D eigenvalue weighted by Crippen LogP contribution is 2.44. The molecule has 2 aromatic carbocycles. The van der Waals surface area contributed by atoms with Gasteiger partial charge in [0.1, 0.15) is 6.04 Å². The summed E-state index contributed by atoms with van der Waals surface area (Å²) in [7, 11) is 10.4. The molecule has 0 saturated heterocycles. The van der Waals surface area contributed by atoms with Crippen LogP contribution in [0, 0.1) is 0 Å². The van der Waals surface area contributed by atoms with E-state index in [0.29, 0.717) is 61.9 Å². The summed E-state index contributed by atoms with van der Waals surface area (Å²) in [6.07, 6.45) is 7.98. The highest BCUT2D eigenvalue weighted by atomic mass is 16.5. The lowest BCUT2D eigenvalue weighted by Gasteiger charge is -2.46. The molecule has 0 unspecified atom stereocenters. The number of nitrogens with zero attached hydrogens (tertiary/aromatic N) is 1. The highest BCUT2D eigenvalue weighted by Gasteiger charge is 2.40. The van der Waals surface area contributed by atoms with E-state index in [9.17, 15) is 9.59 Å². The van der Waals surface area contributed by atoms with E-state index in [1.807, 2.05) is 24.3 Å². The Morgan fingerprint density at radius 1 is 0.800 bits per heavy atom. The predicted octanol–water partition coefficient (Wildman–Crippen LogP) is 5.63. The van der Waals surface area contributed by atoms with Crippen molar-refractivity contribution in [2.45, 2.75) is 57.9 Å². The molecule has 10 heteroatoms. The summed E-state index contributed by atoms with van der Waals surface area (Å²) in [5, 5.41) is 0. The summed E-state index contributed by atoms with van der Waals surface area (Å²) in [4.78, 5) is 23.8. The molecule has 45 heavy (non-hydrogen) atoms. The highest BCUT2D eigenvalue weighted by molar-refractivity contribution is 5.70. The first kappa shape index (κ1) is 35.6. The maximum Gasteiger partial charge on any atom is 0.306 e. The zero-order valence-corrected chi connectivity index (χ0v) is 27.9. The second kappa shape index (κ2) is 17.5. The quantitative estimate of drug-likeness (QED) is 0.0901. The molecule has 10 nitrogen and oxygen atoms in total. The van der Waals surface area contributed by atoms with Crippen LogP contribution in [0.15, 0.2) is 36.4 Å². The summed E-state index contributed by atoms with van der Waals surface area (Å²) in [6, 6.07) is 8.30. The van der Waals surface area contributed by atoms with Crippen LogP contribution in [0.3, 0.4) is 0 Å². The van der Waals surface area contributed by atoms with Gasteiger partial charge in [-0.1, -0.05) is 12.2 Å². The number of quaternary nitrogens is 1. The van der Waals surface area contributed by atoms with Crippen LogP contribution < -0.4 is 23.7 Å². The summed E-state index contributed by atoms with van der Waals surface area (Å²) in [5.41, 5.74) is 3.51. The van der Waals surface area contributed by atoms with E-state index in [1.165, 1.54) is 11.1 Å². The molecule has 0 aromatic heterocycles. The Morgan fingerprint density at radius 2 is 1.38 bits per heavy atom. The van der Waals surface area contributed by atoms with Crippen molar-refractivity contribution in [3.8, 4) is 28.7 Å². The number of likely N-dealkylation sites (N-methyl/N-ethyl adjacent to an activating group) is 1. The first-order chi connectivity index (χ1) is 21.7. The molecule has 0 saturated carbocycles. The minimum absolute atomic E-state index is 0.0896. The van der Waals surface area contributed by atoms with Crippen LogP contribution in [0.2, 0.25) is 0 Å². The number of hydrogen-bond acceptors (Lipinski definition) is 9. The fraction of sp³-hybridized carbons (Fsp3) is 0.543. The van der Waals surface area contributed by atoms with E-state index in [1.54, 1.807) is 42.5 Å². The number of benzene rings is 2. The van der Waals surface area contributed by atoms with Crippen LogP contribution in [-0.4, -0.2) is 85.3 Å². The van der Waals surface area contributed by atoms with Gasteiger partial charge in [0.15, 0.2) is 23.0 Å². The van der Waals surface area contributed by atoms with Crippen molar-refractivity contribution in [2.24, 2.45) is 0 Å². The minimum Gasteiger partial charge on any atom is -0.493 e. The van der Waals surface area contributed by atoms with E-state index in [4.69, 9.17) is 33.2 Å². The van der Waals surface area contributed by atoms with Gasteiger partial charge >= 0.3 is 11.9 Å². The van der Waals surface area contributed by atoms with Crippen LogP contribution >= 0.6 is 0 Å². The van der Waals surface area contributed by atoms with Crippen LogP contribution in [0.5, 0.6) is 28.7 Å². The van der Waals surface area contributed by atoms with Crippen molar-refractivity contribution in [3.05, 3.63) is 53.1 Å². The Morgan fingerprint density at radius 3 is 1.93 bits per heavy atom. The van der Waals surface area contributed by atoms with E-state index in [0.717, 1.165) is 48.1 Å². The normalized spacial score (nSPS) is 17.4. The molecule has 1 aliphatic heterocycles. The molecule has 3 rings (SSSR count). The van der Waals surface area contributed by atoms with Gasteiger partial charge in [-0.25, -0.2) is 0 Å². The molecule has 2 aromatic rings. The summed E-state index contributed by atoms with van der Waals surface area (Å²) in [5.74, 6) is 2.78. The number of carbonyl (C=O) groups excluding carboxylic acids is 2. The zero-order valence-electron chi connectivity index (χ0n) is 27.9. The summed E-state index contributed by atoms with van der Waals surface area (Å²) < 4.78 is 39.4. The zero-order chi connectivity index (χ0) is 32.8. The first-order valence-electron chi connectivity index (χ1n) is 15.6. The number of fused-ring (bicyclic) bond motifs is 1. The third-order valence-electron chi connectivity index (χ3n) is 8.38. The summed E-state index contributed by atoms with van der Waals surface area (Å²) >= 11 is 0. The van der Waals surface area contributed by atoms with E-state index < -0.39 is 0 Å². The van der Waals surface area contributed by atoms with E-state index in [-0.39, 0.29) is 18.0 Å². The number of carbonyl (C=O) groups is 2. The maximum atomic E-state index is 12.4. The van der Waals surface area contributed by atoms with Crippen molar-refractivity contribution in [3.63, 3.8) is 0 Å². The number of allylic oxidation sites excluding steroid dienone is 2. The van der Waals surface area contributed by atoms with Gasteiger partial charge in [0.25, 0.3) is 0 Å². The van der Waals surface area contributed by atoms with Gasteiger partial charge in [0.2, 0.25) is 5.75 Å². The van der Waals surface area contributed by atoms with Crippen LogP contribution in [0.4, 0.5) is 0 Å². The third kappa shape index (κ3) is 9.53. The molecule has 248 valence electrons. The number of rotatable bonds is 18. The van der Waals surface area contributed by atoms with Gasteiger partial charge in [0, 0.05) is 37.7 Å². The van der Waals surface area contributed by atoms with Gasteiger partial charge in [-0.2, -0.15) is 0 Å². The summed E-state index contributed by atoms with van der Waals surface area (Å²) in [6.45, 7) is 4.27. The third-order valence-corrected chi connectivity index (χ3v) is 8.38. The molecule has 0 N–H and O–H groups in total. The van der Waals surface area contributed by atoms with Gasteiger partial charge in [0.05, 0.1) is 68.9 Å². The second-order valence-electron chi connectivity index (χ2n) is 11.3. The lowest BCUT2D eigenvalue weighted by molar-refractivity contribution is -0.941. The smallest absolute Gasteiger partial charge is 0.306 e. The minimum atomic E-state index is -0.220. The number of hydrogen-bond donors (Lipinski definition) is 0. The first-order valence-corrected chi connectivity index (χ1v) is 15.6. The van der Waals surface area contributed by atoms with E-state index in [2.05, 4.69) is 19.2 Å². The van der Waals surface area contributed by atoms with Crippen LogP contribution in [0.1, 0.15) is 61.8 Å². The molecule has 0 aliphatic carbocycles. The molecule has 1 heterocycles. The average Bonchev–Trinajstić information content (AvgIpc) is 3.05. The monoisotopic (exact) mass is 628 g/mol. The Hall–Kier alpha value is -3.92. The molecule has 0 spiro atoms. The van der Waals surface area contributed by atoms with Crippen LogP contribution in [0.25, 0.3) is 0 Å². The molecule has 0 fully saturated rings. The van der Waals surface area contributed by atoms with Crippen LogP contribution in [-0.2, 0) is 31.9 Å². The van der Waals surface area contributed by atoms with Crippen molar-refractivity contribution in [2.75, 3.05) is 68.9 Å². The molecule has 1 aliphatic rings. The molecule has 0 radical (unpaired) electrons. The van der Waals surface area contributed by atoms with Crippen molar-refractivity contribution in [1.29, 1.82) is 0 Å². The van der Waals surface area contributed by atoms with E-state index >= 15 is 0 Å². The Labute approximate surface area is 267 Å². The SMILES string of the molecule is CCOC(=O)CC/C=C/CCC(=O)OCCC[N@+]1(C)CCc2cc(OC)c(OC)cc2[C@H]1Cc1cc(OC)c(OC)c(OC)c1. The van der Waals surface area contributed by atoms with Crippen molar-refractivity contribution in [1.82, 2.24) is 0 Å². The molecular weight excluding hydrogens is 578 g/mol. The van der Waals surface area contributed by atoms with Gasteiger partial charge in [-0.05, 0) is 55.2 Å². The molecular formula is C35H50NO9+. The van der Waals surface area contributed by atoms with Crippen molar-refractivity contribution >= 4 is 11.9 Å². The molecule has 0 amide bonds. The van der Waals surface area contributed by atoms with Gasteiger partial charge < -0.3 is 37.6 Å². The lowest BCUT2D eigenvalue weighted by Crippen LogP contribution is -2.52. The molecule has 2 atom stereocenters. The topological polar surface area (TPSA) is 98.8 Å². The Balaban J connectivity index is 1.71. The predicted molar refractivity (Wildman–Crippen MR) is 172 cm³/mol. The number of ether oxygens (including phenoxy) is 7.